The minimum absolute atomic E-state index is 0.0212. The van der Waals surface area contributed by atoms with Crippen molar-refractivity contribution < 1.29 is 13.9 Å². The summed E-state index contributed by atoms with van der Waals surface area (Å²) >= 11 is 3.33. The van der Waals surface area contributed by atoms with Crippen molar-refractivity contribution in [2.24, 2.45) is 0 Å². The van der Waals surface area contributed by atoms with E-state index in [1.807, 2.05) is 24.3 Å². The van der Waals surface area contributed by atoms with E-state index >= 15 is 0 Å². The molecule has 1 fully saturated rings. The Morgan fingerprint density at radius 3 is 2.73 bits per heavy atom. The van der Waals surface area contributed by atoms with Crippen LogP contribution in [-0.4, -0.2) is 75.2 Å². The van der Waals surface area contributed by atoms with E-state index in [0.29, 0.717) is 44.4 Å². The van der Waals surface area contributed by atoms with Crippen LogP contribution in [-0.2, 0) is 9.53 Å². The number of rotatable bonds is 6. The molecule has 3 aliphatic rings. The molecule has 1 N–H and O–H groups in total. The third-order valence-corrected chi connectivity index (χ3v) is 9.72. The average molecular weight is 577 g/mol. The van der Waals surface area contributed by atoms with Crippen LogP contribution in [0.25, 0.3) is 11.3 Å². The molecule has 10 heteroatoms. The predicted octanol–water partition coefficient (Wildman–Crippen LogP) is 4.85. The van der Waals surface area contributed by atoms with E-state index in [-0.39, 0.29) is 11.3 Å². The van der Waals surface area contributed by atoms with Crippen molar-refractivity contribution in [3.05, 3.63) is 71.0 Å². The topological polar surface area (TPSA) is 78.3 Å². The van der Waals surface area contributed by atoms with Crippen molar-refractivity contribution in [2.75, 3.05) is 69.7 Å². The second kappa shape index (κ2) is 12.1. The van der Waals surface area contributed by atoms with Gasteiger partial charge in [0.25, 0.3) is 0 Å². The van der Waals surface area contributed by atoms with E-state index in [4.69, 9.17) is 9.15 Å². The summed E-state index contributed by atoms with van der Waals surface area (Å²) < 4.78 is 11.7. The van der Waals surface area contributed by atoms with Gasteiger partial charge in [-0.05, 0) is 30.5 Å². The molecule has 8 nitrogen and oxygen atoms in total. The fourth-order valence-electron chi connectivity index (χ4n) is 4.94. The summed E-state index contributed by atoms with van der Waals surface area (Å²) in [6.45, 7) is 6.15. The lowest BCUT2D eigenvalue weighted by Gasteiger charge is -2.27. The van der Waals surface area contributed by atoms with Gasteiger partial charge in [-0.2, -0.15) is 0 Å². The quantitative estimate of drug-likeness (QED) is 0.347. The maximum absolute atomic E-state index is 12.7. The maximum atomic E-state index is 12.7. The van der Waals surface area contributed by atoms with Gasteiger partial charge in [-0.15, -0.1) is 0 Å². The molecule has 0 bridgehead atoms. The highest BCUT2D eigenvalue weighted by Crippen LogP contribution is 2.52. The minimum atomic E-state index is -0.0748. The number of morpholine rings is 1. The molecule has 3 aliphatic heterocycles. The number of hydrogen-bond acceptors (Lipinski definition) is 9. The first-order valence-corrected chi connectivity index (χ1v) is 15.2. The van der Waals surface area contributed by atoms with Crippen LogP contribution >= 0.6 is 23.5 Å². The van der Waals surface area contributed by atoms with Gasteiger partial charge >= 0.3 is 0 Å². The number of hydrogen-bond donors (Lipinski definition) is 1. The van der Waals surface area contributed by atoms with E-state index in [1.165, 1.54) is 0 Å². The fraction of sp³-hybridized carbons (Fsp3) is 0.333. The van der Waals surface area contributed by atoms with Crippen LogP contribution in [0.1, 0.15) is 6.42 Å². The van der Waals surface area contributed by atoms with Crippen LogP contribution in [0, 0.1) is 0 Å². The summed E-state index contributed by atoms with van der Waals surface area (Å²) in [7, 11) is 2.07. The second-order valence-corrected chi connectivity index (χ2v) is 12.2. The van der Waals surface area contributed by atoms with Crippen LogP contribution in [0.5, 0.6) is 0 Å². The first-order valence-electron chi connectivity index (χ1n) is 13.5. The van der Waals surface area contributed by atoms with E-state index < -0.39 is 0 Å². The highest BCUT2D eigenvalue weighted by molar-refractivity contribution is 8.05. The maximum Gasteiger partial charge on any atom is 0.225 e. The number of benzene rings is 2. The monoisotopic (exact) mass is 576 g/mol. The molecule has 1 aromatic heterocycles. The largest absolute Gasteiger partial charge is 0.440 e. The van der Waals surface area contributed by atoms with Crippen molar-refractivity contribution in [1.82, 2.24) is 9.80 Å². The number of carbonyl (C=O) groups excluding carboxylic acids is 1. The van der Waals surface area contributed by atoms with E-state index in [1.54, 1.807) is 35.7 Å². The van der Waals surface area contributed by atoms with E-state index in [2.05, 4.69) is 51.5 Å². The highest BCUT2D eigenvalue weighted by Gasteiger charge is 2.23. The Balaban J connectivity index is 1.15. The average Bonchev–Trinajstić information content (AvgIpc) is 3.18. The minimum Gasteiger partial charge on any atom is -0.440 e. The smallest absolute Gasteiger partial charge is 0.225 e. The van der Waals surface area contributed by atoms with Crippen molar-refractivity contribution in [2.45, 2.75) is 26.0 Å². The molecule has 4 heterocycles. The van der Waals surface area contributed by atoms with Gasteiger partial charge in [-0.3, -0.25) is 14.5 Å². The summed E-state index contributed by atoms with van der Waals surface area (Å²) in [6, 6.07) is 15.3. The van der Waals surface area contributed by atoms with Crippen LogP contribution in [0.2, 0.25) is 0 Å². The Kier molecular flexibility index (Phi) is 8.20. The zero-order valence-electron chi connectivity index (χ0n) is 22.4. The standard InChI is InChI=1S/C30H32N4O4S2/c1-32-9-3-10-33(13-12-32)11-8-28(36)31-21-6-7-25-27(18-21)39-26-5-2-4-23(30(26)40-25)24-19-22(35)20-29(38-24)34-14-16-37-17-15-34/h2-7,9,18-20H,8,10-17H2,1H3,(H,31,36). The lowest BCUT2D eigenvalue weighted by Crippen LogP contribution is -2.36. The SMILES string of the molecule is CN1C=CCN(CCC(=O)Nc2ccc3c(c2)Sc2cccc(-c4cc(=O)cc(N5CCOCC5)o4)c2S3)CC1. The Labute approximate surface area is 242 Å². The van der Waals surface area contributed by atoms with Gasteiger partial charge in [0.2, 0.25) is 5.91 Å². The Morgan fingerprint density at radius 2 is 1.85 bits per heavy atom. The number of anilines is 2. The molecule has 0 atom stereocenters. The fourth-order valence-corrected chi connectivity index (χ4v) is 7.34. The molecule has 3 aromatic rings. The molecule has 0 radical (unpaired) electrons. The molecule has 6 rings (SSSR count). The highest BCUT2D eigenvalue weighted by atomic mass is 32.2. The molecule has 40 heavy (non-hydrogen) atoms. The third-order valence-electron chi connectivity index (χ3n) is 7.13. The number of ether oxygens (including phenoxy) is 1. The molecule has 1 amide bonds. The first kappa shape index (κ1) is 27.0. The molecular weight excluding hydrogens is 544 g/mol. The number of nitrogens with zero attached hydrogens (tertiary/aromatic N) is 3. The van der Waals surface area contributed by atoms with Gasteiger partial charge in [-0.1, -0.05) is 41.7 Å². The van der Waals surface area contributed by atoms with E-state index in [9.17, 15) is 9.59 Å². The summed E-state index contributed by atoms with van der Waals surface area (Å²) in [5.41, 5.74) is 1.63. The number of fused-ring (bicyclic) bond motifs is 2. The van der Waals surface area contributed by atoms with Gasteiger partial charge in [0.05, 0.1) is 13.2 Å². The molecule has 0 unspecified atom stereocenters. The van der Waals surface area contributed by atoms with Gasteiger partial charge in [0, 0.05) is 95.7 Å². The summed E-state index contributed by atoms with van der Waals surface area (Å²) in [6.07, 6.45) is 4.70. The lowest BCUT2D eigenvalue weighted by molar-refractivity contribution is -0.116. The molecule has 2 aromatic carbocycles. The molecular formula is C30H32N4O4S2. The lowest BCUT2D eigenvalue weighted by atomic mass is 10.1. The van der Waals surface area contributed by atoms with Crippen molar-refractivity contribution in [3.8, 4) is 11.3 Å². The molecule has 1 saturated heterocycles. The van der Waals surface area contributed by atoms with Crippen molar-refractivity contribution >= 4 is 41.0 Å². The van der Waals surface area contributed by atoms with Crippen LogP contribution in [0.4, 0.5) is 11.6 Å². The number of carbonyl (C=O) groups is 1. The number of amides is 1. The van der Waals surface area contributed by atoms with Gasteiger partial charge in [-0.25, -0.2) is 0 Å². The summed E-state index contributed by atoms with van der Waals surface area (Å²) in [4.78, 5) is 36.2. The van der Waals surface area contributed by atoms with E-state index in [0.717, 1.165) is 57.0 Å². The van der Waals surface area contributed by atoms with Gasteiger partial charge in [0.15, 0.2) is 11.3 Å². The molecule has 0 aliphatic carbocycles. The molecule has 208 valence electrons. The Bertz CT molecular complexity index is 1480. The number of nitrogens with one attached hydrogen (secondary N) is 1. The van der Waals surface area contributed by atoms with Gasteiger partial charge < -0.3 is 24.3 Å². The Morgan fingerprint density at radius 1 is 0.975 bits per heavy atom. The van der Waals surface area contributed by atoms with Crippen LogP contribution < -0.4 is 15.6 Å². The molecule has 0 spiro atoms. The normalized spacial score (nSPS) is 17.2. The first-order chi connectivity index (χ1) is 19.5. The summed E-state index contributed by atoms with van der Waals surface area (Å²) in [5.74, 6) is 1.17. The molecule has 0 saturated carbocycles. The number of likely N-dealkylation sites (N-methyl/N-ethyl adjacent to an activating group) is 1. The van der Waals surface area contributed by atoms with Gasteiger partial charge in [0.1, 0.15) is 5.76 Å². The zero-order chi connectivity index (χ0) is 27.5. The predicted molar refractivity (Wildman–Crippen MR) is 160 cm³/mol. The Hall–Kier alpha value is -3.18. The van der Waals surface area contributed by atoms with Crippen LogP contribution in [0.3, 0.4) is 0 Å². The second-order valence-electron chi connectivity index (χ2n) is 10.1. The van der Waals surface area contributed by atoms with Crippen molar-refractivity contribution in [1.29, 1.82) is 0 Å². The third kappa shape index (κ3) is 6.25. The van der Waals surface area contributed by atoms with Crippen molar-refractivity contribution in [3.63, 3.8) is 0 Å². The van der Waals surface area contributed by atoms with Crippen LogP contribution in [0.15, 0.2) is 89.6 Å². The zero-order valence-corrected chi connectivity index (χ0v) is 24.1. The summed E-state index contributed by atoms with van der Waals surface area (Å²) in [5, 5.41) is 3.08.